The second kappa shape index (κ2) is 12.7. The van der Waals surface area contributed by atoms with Crippen molar-refractivity contribution in [3.63, 3.8) is 0 Å². The van der Waals surface area contributed by atoms with Crippen molar-refractivity contribution < 1.29 is 26.3 Å². The minimum absolute atomic E-state index is 0. The third-order valence-electron chi connectivity index (χ3n) is 2.28. The fraction of sp³-hybridized carbons (Fsp3) is 0.286. The summed E-state index contributed by atoms with van der Waals surface area (Å²) in [6.07, 6.45) is -6.50. The fourth-order valence-corrected chi connectivity index (χ4v) is 2.42. The minimum atomic E-state index is -4.57. The van der Waals surface area contributed by atoms with E-state index < -0.39 is 34.2 Å². The van der Waals surface area contributed by atoms with Gasteiger partial charge in [0.15, 0.2) is 0 Å². The Kier molecular flexibility index (Phi) is 14.9. The number of aromatic amines is 1. The molecule has 0 saturated carbocycles. The maximum absolute atomic E-state index is 12.1. The average Bonchev–Trinajstić information content (AvgIpc) is 2.42. The van der Waals surface area contributed by atoms with Crippen LogP contribution in [0.3, 0.4) is 0 Å². The lowest BCUT2D eigenvalue weighted by Gasteiger charge is -2.07. The van der Waals surface area contributed by atoms with Crippen molar-refractivity contribution in [2.45, 2.75) is 27.2 Å². The van der Waals surface area contributed by atoms with E-state index in [4.69, 9.17) is 11.6 Å². The molecule has 0 amide bonds. The first-order chi connectivity index (χ1) is 10.8. The van der Waals surface area contributed by atoms with Crippen LogP contribution in [0, 0.1) is 7.14 Å². The number of nitrogens with zero attached hydrogens (tertiary/aromatic N) is 1. The van der Waals surface area contributed by atoms with Crippen molar-refractivity contribution >= 4 is 80.8 Å². The van der Waals surface area contributed by atoms with Crippen LogP contribution in [0.4, 0.5) is 26.3 Å². The van der Waals surface area contributed by atoms with E-state index in [0.717, 1.165) is 12.1 Å². The van der Waals surface area contributed by atoms with Gasteiger partial charge < -0.3 is 4.98 Å². The van der Waals surface area contributed by atoms with Gasteiger partial charge in [0.1, 0.15) is 10.7 Å². The highest BCUT2D eigenvalue weighted by Crippen LogP contribution is 2.34. The first-order valence-corrected chi connectivity index (χ1v) is 8.19. The van der Waals surface area contributed by atoms with E-state index >= 15 is 0 Å². The van der Waals surface area contributed by atoms with Crippen LogP contribution >= 0.6 is 80.8 Å². The largest absolute Gasteiger partial charge is 0.421 e. The molecule has 0 spiro atoms. The monoisotopic (exact) mass is 756 g/mol. The van der Waals surface area contributed by atoms with Crippen molar-refractivity contribution in [2.24, 2.45) is 0 Å². The molecule has 0 bridgehead atoms. The lowest BCUT2D eigenvalue weighted by atomic mass is 10.3. The Hall–Kier alpha value is 0.160. The number of hydrogen-bond acceptors (Lipinski definition) is 2. The summed E-state index contributed by atoms with van der Waals surface area (Å²) in [6.45, 7) is 0. The Morgan fingerprint density at radius 1 is 0.926 bits per heavy atom. The van der Waals surface area contributed by atoms with Crippen molar-refractivity contribution in [1.82, 2.24) is 9.97 Å². The third kappa shape index (κ3) is 10.5. The van der Waals surface area contributed by atoms with Gasteiger partial charge in [0.2, 0.25) is 0 Å². The second-order valence-electron chi connectivity index (χ2n) is 4.05. The van der Waals surface area contributed by atoms with E-state index in [1.165, 1.54) is 12.4 Å². The molecule has 2 heterocycles. The summed E-state index contributed by atoms with van der Waals surface area (Å²) in [6, 6.07) is 1.76. The van der Waals surface area contributed by atoms with Crippen LogP contribution in [0.1, 0.15) is 26.0 Å². The Morgan fingerprint density at radius 2 is 1.37 bits per heavy atom. The van der Waals surface area contributed by atoms with Crippen LogP contribution < -0.4 is 5.56 Å². The Bertz CT molecular complexity index is 781. The molecular formula is C14H14ClF6I3N2O. The number of hydrogen-bond donors (Lipinski definition) is 1. The van der Waals surface area contributed by atoms with Gasteiger partial charge in [-0.15, -0.1) is 24.0 Å². The van der Waals surface area contributed by atoms with Crippen LogP contribution in [0.2, 0.25) is 5.15 Å². The van der Waals surface area contributed by atoms with E-state index in [0.29, 0.717) is 7.14 Å². The molecule has 0 atom stereocenters. The van der Waals surface area contributed by atoms with Gasteiger partial charge >= 0.3 is 12.4 Å². The topological polar surface area (TPSA) is 45.8 Å². The van der Waals surface area contributed by atoms with Crippen LogP contribution in [0.5, 0.6) is 0 Å². The first kappa shape index (κ1) is 31.8. The first-order valence-electron chi connectivity index (χ1n) is 5.66. The summed E-state index contributed by atoms with van der Waals surface area (Å²) in [5.41, 5.74) is -3.16. The lowest BCUT2D eigenvalue weighted by Crippen LogP contribution is -2.21. The van der Waals surface area contributed by atoms with E-state index in [1.807, 2.05) is 4.98 Å². The number of alkyl halides is 6. The Labute approximate surface area is 201 Å². The van der Waals surface area contributed by atoms with E-state index in [2.05, 4.69) is 4.98 Å². The molecule has 0 fully saturated rings. The zero-order chi connectivity index (χ0) is 18.7. The number of H-pyrrole nitrogens is 1. The SMILES string of the molecule is C.C.FC(F)(F)c1cc(I)cnc1Cl.I.O=c1[nH]cc(I)cc1C(F)(F)F. The van der Waals surface area contributed by atoms with Crippen molar-refractivity contribution in [3.05, 3.63) is 58.3 Å². The number of halogens is 10. The maximum Gasteiger partial charge on any atom is 0.421 e. The molecule has 0 aliphatic heterocycles. The zero-order valence-corrected chi connectivity index (χ0v) is 18.9. The van der Waals surface area contributed by atoms with Crippen LogP contribution in [0.15, 0.2) is 29.3 Å². The van der Waals surface area contributed by atoms with Gasteiger partial charge in [-0.1, -0.05) is 26.5 Å². The molecule has 0 aliphatic carbocycles. The summed E-state index contributed by atoms with van der Waals surface area (Å²) >= 11 is 8.68. The quantitative estimate of drug-likeness (QED) is 0.175. The van der Waals surface area contributed by atoms with Gasteiger partial charge in [-0.2, -0.15) is 26.3 Å². The van der Waals surface area contributed by atoms with Gasteiger partial charge in [0.25, 0.3) is 5.56 Å². The number of rotatable bonds is 0. The summed E-state index contributed by atoms with van der Waals surface area (Å²) in [4.78, 5) is 16.0. The van der Waals surface area contributed by atoms with Gasteiger partial charge in [-0.25, -0.2) is 4.98 Å². The van der Waals surface area contributed by atoms with Gasteiger partial charge in [-0.05, 0) is 57.3 Å². The molecule has 0 aromatic carbocycles. The average molecular weight is 756 g/mol. The van der Waals surface area contributed by atoms with E-state index in [-0.39, 0.29) is 38.8 Å². The van der Waals surface area contributed by atoms with Crippen molar-refractivity contribution in [3.8, 4) is 0 Å². The molecule has 2 aromatic rings. The summed E-state index contributed by atoms with van der Waals surface area (Å²) < 4.78 is 73.1. The highest BCUT2D eigenvalue weighted by atomic mass is 127. The second-order valence-corrected chi connectivity index (χ2v) is 6.90. The molecule has 0 aliphatic rings. The predicted molar refractivity (Wildman–Crippen MR) is 121 cm³/mol. The summed E-state index contributed by atoms with van der Waals surface area (Å²) in [7, 11) is 0. The molecule has 3 nitrogen and oxygen atoms in total. The van der Waals surface area contributed by atoms with Crippen molar-refractivity contribution in [2.75, 3.05) is 0 Å². The maximum atomic E-state index is 12.1. The summed E-state index contributed by atoms with van der Waals surface area (Å²) in [5.74, 6) is 0. The zero-order valence-electron chi connectivity index (χ0n) is 11.5. The number of pyridine rings is 2. The molecule has 0 saturated heterocycles. The Morgan fingerprint density at radius 3 is 1.74 bits per heavy atom. The molecule has 0 unspecified atom stereocenters. The normalized spacial score (nSPS) is 10.4. The van der Waals surface area contributed by atoms with Crippen molar-refractivity contribution in [1.29, 1.82) is 0 Å². The Balaban J connectivity index is -0.000000384. The molecule has 27 heavy (non-hydrogen) atoms. The molecule has 2 rings (SSSR count). The smallest absolute Gasteiger partial charge is 0.328 e. The fourth-order valence-electron chi connectivity index (χ4n) is 1.29. The standard InChI is InChI=1S/C6H2ClF3IN.C6H3F3INO.2CH4.HI/c7-5-4(6(8,9)10)1-3(11)2-12-5;7-6(8,9)4-1-3(10)2-11-5(4)12;;;/h1-2H;1-2H,(H,11,12);2*1H4;1H. The lowest BCUT2D eigenvalue weighted by molar-refractivity contribution is -0.139. The van der Waals surface area contributed by atoms with Crippen LogP contribution in [-0.2, 0) is 12.4 Å². The molecule has 13 heteroatoms. The van der Waals surface area contributed by atoms with Crippen LogP contribution in [0.25, 0.3) is 0 Å². The molecular weight excluding hydrogens is 742 g/mol. The number of nitrogens with one attached hydrogen (secondary N) is 1. The van der Waals surface area contributed by atoms with E-state index in [1.54, 1.807) is 45.2 Å². The van der Waals surface area contributed by atoms with Crippen LogP contribution in [-0.4, -0.2) is 9.97 Å². The highest BCUT2D eigenvalue weighted by Gasteiger charge is 2.34. The predicted octanol–water partition coefficient (Wildman–Crippen LogP) is 7.25. The highest BCUT2D eigenvalue weighted by molar-refractivity contribution is 14.1. The third-order valence-corrected chi connectivity index (χ3v) is 3.80. The van der Waals surface area contributed by atoms with Gasteiger partial charge in [0.05, 0.1) is 5.56 Å². The molecule has 1 N–H and O–H groups in total. The molecule has 156 valence electrons. The summed E-state index contributed by atoms with van der Waals surface area (Å²) in [5, 5.41) is -0.511. The molecule has 0 radical (unpaired) electrons. The van der Waals surface area contributed by atoms with Gasteiger partial charge in [0, 0.05) is 19.5 Å². The van der Waals surface area contributed by atoms with E-state index in [9.17, 15) is 31.1 Å². The number of aromatic nitrogens is 2. The molecule has 2 aromatic heterocycles. The van der Waals surface area contributed by atoms with Gasteiger partial charge in [-0.3, -0.25) is 4.79 Å². The minimum Gasteiger partial charge on any atom is -0.328 e.